The van der Waals surface area contributed by atoms with Gasteiger partial charge < -0.3 is 19.9 Å². The van der Waals surface area contributed by atoms with Gasteiger partial charge in [-0.25, -0.2) is 4.79 Å². The van der Waals surface area contributed by atoms with E-state index in [0.717, 1.165) is 6.08 Å². The van der Waals surface area contributed by atoms with Crippen molar-refractivity contribution in [3.8, 4) is 0 Å². The third-order valence-corrected chi connectivity index (χ3v) is 2.47. The number of aromatic nitrogens is 1. The lowest BCUT2D eigenvalue weighted by atomic mass is 10.1. The lowest BCUT2D eigenvalue weighted by Crippen LogP contribution is -2.28. The first-order chi connectivity index (χ1) is 10.1. The molecule has 0 spiro atoms. The molecule has 21 heavy (non-hydrogen) atoms. The maximum absolute atomic E-state index is 12.0. The second kappa shape index (κ2) is 9.62. The highest BCUT2D eigenvalue weighted by molar-refractivity contribution is 5.98. The second-order valence-corrected chi connectivity index (χ2v) is 4.00. The van der Waals surface area contributed by atoms with Crippen LogP contribution >= 0.6 is 0 Å². The first kappa shape index (κ1) is 16.8. The molecule has 7 nitrogen and oxygen atoms in total. The number of nitrogens with one attached hydrogen (secondary N) is 1. The number of amides is 1. The molecule has 0 saturated heterocycles. The number of nitrogens with zero attached hydrogens (tertiary/aromatic N) is 1. The molecule has 0 fully saturated rings. The number of carboxylic acids is 1. The van der Waals surface area contributed by atoms with Gasteiger partial charge in [-0.3, -0.25) is 9.78 Å². The number of aliphatic carboxylic acids is 1. The summed E-state index contributed by atoms with van der Waals surface area (Å²) in [6.07, 6.45) is 5.20. The highest BCUT2D eigenvalue weighted by atomic mass is 16.5. The molecule has 0 saturated carbocycles. The Morgan fingerprint density at radius 1 is 1.38 bits per heavy atom. The zero-order chi connectivity index (χ0) is 15.5. The fraction of sp³-hybridized carbons (Fsp3) is 0.357. The summed E-state index contributed by atoms with van der Waals surface area (Å²) >= 11 is 0. The van der Waals surface area contributed by atoms with E-state index in [9.17, 15) is 9.59 Å². The van der Waals surface area contributed by atoms with E-state index in [1.54, 1.807) is 7.11 Å². The Bertz CT molecular complexity index is 502. The Morgan fingerprint density at radius 2 is 2.19 bits per heavy atom. The second-order valence-electron chi connectivity index (χ2n) is 4.00. The van der Waals surface area contributed by atoms with E-state index in [-0.39, 0.29) is 5.91 Å². The van der Waals surface area contributed by atoms with E-state index in [4.69, 9.17) is 14.6 Å². The molecule has 1 heterocycles. The Balaban J connectivity index is 2.52. The molecule has 0 aliphatic heterocycles. The monoisotopic (exact) mass is 294 g/mol. The molecule has 7 heteroatoms. The van der Waals surface area contributed by atoms with Crippen molar-refractivity contribution in [2.75, 3.05) is 33.5 Å². The number of ether oxygens (including phenoxy) is 2. The summed E-state index contributed by atoms with van der Waals surface area (Å²) in [4.78, 5) is 26.4. The first-order valence-electron chi connectivity index (χ1n) is 6.35. The minimum absolute atomic E-state index is 0.308. The topological polar surface area (TPSA) is 97.8 Å². The summed E-state index contributed by atoms with van der Waals surface area (Å²) in [5.41, 5.74) is 0.803. The zero-order valence-electron chi connectivity index (χ0n) is 11.7. The molecule has 1 aromatic rings. The molecule has 114 valence electrons. The van der Waals surface area contributed by atoms with Crippen molar-refractivity contribution >= 4 is 18.0 Å². The smallest absolute Gasteiger partial charge is 0.328 e. The molecular formula is C14H18N2O5. The average Bonchev–Trinajstić information content (AvgIpc) is 2.48. The van der Waals surface area contributed by atoms with E-state index < -0.39 is 5.97 Å². The Kier molecular flexibility index (Phi) is 7.70. The average molecular weight is 294 g/mol. The predicted molar refractivity (Wildman–Crippen MR) is 75.9 cm³/mol. The van der Waals surface area contributed by atoms with E-state index in [1.807, 2.05) is 0 Å². The molecular weight excluding hydrogens is 276 g/mol. The van der Waals surface area contributed by atoms with Crippen LogP contribution in [0.15, 0.2) is 24.5 Å². The van der Waals surface area contributed by atoms with E-state index in [1.165, 1.54) is 24.5 Å². The highest BCUT2D eigenvalue weighted by Gasteiger charge is 2.09. The van der Waals surface area contributed by atoms with Gasteiger partial charge in [0, 0.05) is 43.3 Å². The van der Waals surface area contributed by atoms with Gasteiger partial charge in [0.25, 0.3) is 5.91 Å². The minimum atomic E-state index is -1.09. The lowest BCUT2D eigenvalue weighted by molar-refractivity contribution is -0.131. The van der Waals surface area contributed by atoms with Crippen molar-refractivity contribution in [1.82, 2.24) is 10.3 Å². The number of methoxy groups -OCH3 is 1. The van der Waals surface area contributed by atoms with Crippen molar-refractivity contribution in [3.05, 3.63) is 35.7 Å². The number of carbonyl (C=O) groups excluding carboxylic acids is 1. The molecule has 0 aliphatic rings. The molecule has 0 radical (unpaired) electrons. The van der Waals surface area contributed by atoms with Gasteiger partial charge in [0.15, 0.2) is 0 Å². The largest absolute Gasteiger partial charge is 0.478 e. The van der Waals surface area contributed by atoms with Crippen LogP contribution in [0.2, 0.25) is 0 Å². The Morgan fingerprint density at radius 3 is 2.90 bits per heavy atom. The van der Waals surface area contributed by atoms with Crippen LogP contribution in [0.1, 0.15) is 15.9 Å². The van der Waals surface area contributed by atoms with Crippen molar-refractivity contribution < 1.29 is 24.2 Å². The molecule has 1 aromatic heterocycles. The van der Waals surface area contributed by atoms with Gasteiger partial charge in [0.1, 0.15) is 0 Å². The summed E-state index contributed by atoms with van der Waals surface area (Å²) in [5, 5.41) is 11.3. The fourth-order valence-electron chi connectivity index (χ4n) is 1.48. The van der Waals surface area contributed by atoms with Crippen LogP contribution in [-0.2, 0) is 14.3 Å². The molecule has 0 unspecified atom stereocenters. The quantitative estimate of drug-likeness (QED) is 0.510. The molecule has 0 atom stereocenters. The van der Waals surface area contributed by atoms with Crippen LogP contribution in [0.4, 0.5) is 0 Å². The Hall–Kier alpha value is -2.25. The predicted octanol–water partition coefficient (Wildman–Crippen LogP) is 0.572. The summed E-state index contributed by atoms with van der Waals surface area (Å²) in [5.74, 6) is -1.39. The summed E-state index contributed by atoms with van der Waals surface area (Å²) < 4.78 is 10.1. The molecule has 2 N–H and O–H groups in total. The number of carboxylic acid groups (broad SMARTS) is 1. The van der Waals surface area contributed by atoms with Crippen LogP contribution < -0.4 is 5.32 Å². The molecule has 1 amide bonds. The van der Waals surface area contributed by atoms with Gasteiger partial charge in [0.2, 0.25) is 0 Å². The van der Waals surface area contributed by atoms with E-state index >= 15 is 0 Å². The maximum atomic E-state index is 12.0. The van der Waals surface area contributed by atoms with Crippen molar-refractivity contribution in [3.63, 3.8) is 0 Å². The van der Waals surface area contributed by atoms with Crippen molar-refractivity contribution in [1.29, 1.82) is 0 Å². The molecule has 0 bridgehead atoms. The Labute approximate surface area is 122 Å². The molecule has 0 aromatic carbocycles. The number of hydrogen-bond acceptors (Lipinski definition) is 5. The van der Waals surface area contributed by atoms with Gasteiger partial charge in [0.05, 0.1) is 19.8 Å². The highest BCUT2D eigenvalue weighted by Crippen LogP contribution is 2.08. The fourth-order valence-corrected chi connectivity index (χ4v) is 1.48. The van der Waals surface area contributed by atoms with Gasteiger partial charge in [-0.05, 0) is 12.1 Å². The van der Waals surface area contributed by atoms with Crippen LogP contribution in [0, 0.1) is 0 Å². The van der Waals surface area contributed by atoms with Crippen LogP contribution in [0.5, 0.6) is 0 Å². The van der Waals surface area contributed by atoms with Crippen molar-refractivity contribution in [2.45, 2.75) is 0 Å². The van der Waals surface area contributed by atoms with Crippen LogP contribution in [0.25, 0.3) is 6.08 Å². The lowest BCUT2D eigenvalue weighted by Gasteiger charge is -2.08. The third kappa shape index (κ3) is 6.64. The van der Waals surface area contributed by atoms with Gasteiger partial charge in [-0.15, -0.1) is 0 Å². The van der Waals surface area contributed by atoms with E-state index in [0.29, 0.717) is 37.5 Å². The summed E-state index contributed by atoms with van der Waals surface area (Å²) in [7, 11) is 1.58. The maximum Gasteiger partial charge on any atom is 0.328 e. The van der Waals surface area contributed by atoms with Crippen LogP contribution in [-0.4, -0.2) is 55.4 Å². The number of pyridine rings is 1. The van der Waals surface area contributed by atoms with Gasteiger partial charge >= 0.3 is 5.97 Å². The van der Waals surface area contributed by atoms with Gasteiger partial charge in [-0.2, -0.15) is 0 Å². The number of carbonyl (C=O) groups is 2. The minimum Gasteiger partial charge on any atom is -0.478 e. The standard InChI is InChI=1S/C14H18N2O5/c1-20-8-9-21-7-6-16-14(19)12-4-5-15-10-11(12)2-3-13(17)18/h2-5,10H,6-9H2,1H3,(H,16,19)(H,17,18). The summed E-state index contributed by atoms with van der Waals surface area (Å²) in [6, 6.07) is 1.53. The number of hydrogen-bond donors (Lipinski definition) is 2. The zero-order valence-corrected chi connectivity index (χ0v) is 11.7. The SMILES string of the molecule is COCCOCCNC(=O)c1ccncc1C=CC(=O)O. The molecule has 0 aliphatic carbocycles. The normalized spacial score (nSPS) is 10.7. The summed E-state index contributed by atoms with van der Waals surface area (Å²) in [6.45, 7) is 1.70. The number of rotatable bonds is 9. The first-order valence-corrected chi connectivity index (χ1v) is 6.35. The van der Waals surface area contributed by atoms with E-state index in [2.05, 4.69) is 10.3 Å². The third-order valence-electron chi connectivity index (χ3n) is 2.47. The van der Waals surface area contributed by atoms with Crippen LogP contribution in [0.3, 0.4) is 0 Å². The molecule has 1 rings (SSSR count). The van der Waals surface area contributed by atoms with Crippen molar-refractivity contribution in [2.24, 2.45) is 0 Å². The van der Waals surface area contributed by atoms with Gasteiger partial charge in [-0.1, -0.05) is 0 Å².